The number of aromatic nitrogens is 2. The lowest BCUT2D eigenvalue weighted by molar-refractivity contribution is -0.141. The van der Waals surface area contributed by atoms with E-state index in [-0.39, 0.29) is 0 Å². The molecule has 0 atom stereocenters. The number of rotatable bonds is 3. The molecule has 1 heterocycles. The number of methoxy groups -OCH3 is 1. The maximum atomic E-state index is 13.2. The molecule has 0 aliphatic heterocycles. The molecule has 0 saturated heterocycles. The summed E-state index contributed by atoms with van der Waals surface area (Å²) in [5, 5.41) is 3.72. The average Bonchev–Trinajstić information content (AvgIpc) is 3.07. The number of carbonyl (C=O) groups excluding carboxylic acids is 1. The molecule has 134 valence electrons. The Bertz CT molecular complexity index is 927. The van der Waals surface area contributed by atoms with Gasteiger partial charge < -0.3 is 4.74 Å². The quantitative estimate of drug-likeness (QED) is 0.639. The first-order chi connectivity index (χ1) is 12.3. The van der Waals surface area contributed by atoms with Crippen LogP contribution in [0.1, 0.15) is 21.6 Å². The van der Waals surface area contributed by atoms with Crippen LogP contribution in [0.3, 0.4) is 0 Å². The number of hydrogen-bond donors (Lipinski definition) is 0. The van der Waals surface area contributed by atoms with Gasteiger partial charge in [-0.2, -0.15) is 18.3 Å². The molecule has 7 heteroatoms. The summed E-state index contributed by atoms with van der Waals surface area (Å²) in [6.07, 6.45) is -4.56. The molecule has 4 nitrogen and oxygen atoms in total. The van der Waals surface area contributed by atoms with Gasteiger partial charge >= 0.3 is 12.1 Å². The fourth-order valence-corrected chi connectivity index (χ4v) is 2.50. The molecule has 3 rings (SSSR count). The van der Waals surface area contributed by atoms with Crippen LogP contribution in [-0.2, 0) is 10.9 Å². The van der Waals surface area contributed by atoms with Crippen LogP contribution in [0.25, 0.3) is 16.9 Å². The average molecular weight is 360 g/mol. The minimum absolute atomic E-state index is 0.302. The molecule has 0 N–H and O–H groups in total. The van der Waals surface area contributed by atoms with Crippen molar-refractivity contribution in [3.63, 3.8) is 0 Å². The lowest BCUT2D eigenvalue weighted by Gasteiger charge is -2.09. The van der Waals surface area contributed by atoms with Crippen LogP contribution in [-0.4, -0.2) is 22.9 Å². The summed E-state index contributed by atoms with van der Waals surface area (Å²) in [7, 11) is 1.26. The first-order valence-corrected chi connectivity index (χ1v) is 7.72. The Morgan fingerprint density at radius 3 is 2.19 bits per heavy atom. The van der Waals surface area contributed by atoms with Gasteiger partial charge in [0.15, 0.2) is 5.69 Å². The molecule has 0 aliphatic carbocycles. The summed E-state index contributed by atoms with van der Waals surface area (Å²) < 4.78 is 45.3. The smallest absolute Gasteiger partial charge is 0.435 e. The minimum atomic E-state index is -4.56. The highest BCUT2D eigenvalue weighted by molar-refractivity contribution is 5.89. The van der Waals surface area contributed by atoms with Gasteiger partial charge in [-0.15, -0.1) is 0 Å². The third kappa shape index (κ3) is 3.46. The zero-order valence-corrected chi connectivity index (χ0v) is 14.0. The SMILES string of the molecule is COC(=O)c1ccc(-n2nc(C(F)(F)F)cc2-c2ccc(C)cc2)cc1. The Kier molecular flexibility index (Phi) is 4.54. The van der Waals surface area contributed by atoms with Crippen LogP contribution in [0.4, 0.5) is 13.2 Å². The summed E-state index contributed by atoms with van der Waals surface area (Å²) in [5.41, 5.74) is 1.64. The van der Waals surface area contributed by atoms with E-state index in [0.29, 0.717) is 22.5 Å². The van der Waals surface area contributed by atoms with Crippen molar-refractivity contribution in [3.05, 3.63) is 71.4 Å². The van der Waals surface area contributed by atoms with Crippen molar-refractivity contribution >= 4 is 5.97 Å². The number of carbonyl (C=O) groups is 1. The second kappa shape index (κ2) is 6.67. The van der Waals surface area contributed by atoms with E-state index in [0.717, 1.165) is 11.6 Å². The molecule has 1 aromatic heterocycles. The van der Waals surface area contributed by atoms with E-state index in [9.17, 15) is 18.0 Å². The topological polar surface area (TPSA) is 44.1 Å². The van der Waals surface area contributed by atoms with Gasteiger partial charge in [0.05, 0.1) is 24.1 Å². The highest BCUT2D eigenvalue weighted by Crippen LogP contribution is 2.33. The predicted octanol–water partition coefficient (Wildman–Crippen LogP) is 4.65. The molecule has 0 unspecified atom stereocenters. The maximum absolute atomic E-state index is 13.2. The zero-order valence-electron chi connectivity index (χ0n) is 14.0. The molecule has 0 bridgehead atoms. The largest absolute Gasteiger partial charge is 0.465 e. The van der Waals surface area contributed by atoms with Crippen molar-refractivity contribution < 1.29 is 22.7 Å². The fraction of sp³-hybridized carbons (Fsp3) is 0.158. The second-order valence-electron chi connectivity index (χ2n) is 5.73. The van der Waals surface area contributed by atoms with Crippen molar-refractivity contribution in [3.8, 4) is 16.9 Å². The molecular weight excluding hydrogens is 345 g/mol. The molecule has 0 radical (unpaired) electrons. The number of nitrogens with zero attached hydrogens (tertiary/aromatic N) is 2. The number of benzene rings is 2. The summed E-state index contributed by atoms with van der Waals surface area (Å²) in [6.45, 7) is 1.90. The Morgan fingerprint density at radius 2 is 1.65 bits per heavy atom. The Balaban J connectivity index is 2.11. The first kappa shape index (κ1) is 17.7. The summed E-state index contributed by atoms with van der Waals surface area (Å²) in [6, 6.07) is 14.1. The second-order valence-corrected chi connectivity index (χ2v) is 5.73. The normalized spacial score (nSPS) is 11.4. The van der Waals surface area contributed by atoms with Gasteiger partial charge in [-0.3, -0.25) is 0 Å². The van der Waals surface area contributed by atoms with Gasteiger partial charge in [0, 0.05) is 5.56 Å². The van der Waals surface area contributed by atoms with Crippen molar-refractivity contribution in [1.29, 1.82) is 0 Å². The van der Waals surface area contributed by atoms with Crippen LogP contribution < -0.4 is 0 Å². The molecule has 3 aromatic rings. The van der Waals surface area contributed by atoms with E-state index >= 15 is 0 Å². The van der Waals surface area contributed by atoms with Gasteiger partial charge in [-0.05, 0) is 37.3 Å². The molecule has 0 fully saturated rings. The summed E-state index contributed by atoms with van der Waals surface area (Å²) in [4.78, 5) is 11.5. The molecule has 0 aliphatic rings. The number of halogens is 3. The molecule has 26 heavy (non-hydrogen) atoms. The summed E-state index contributed by atoms with van der Waals surface area (Å²) >= 11 is 0. The predicted molar refractivity (Wildman–Crippen MR) is 90.1 cm³/mol. The van der Waals surface area contributed by atoms with Crippen LogP contribution >= 0.6 is 0 Å². The lowest BCUT2D eigenvalue weighted by atomic mass is 10.1. The maximum Gasteiger partial charge on any atom is 0.435 e. The lowest BCUT2D eigenvalue weighted by Crippen LogP contribution is -2.07. The van der Waals surface area contributed by atoms with Crippen molar-refractivity contribution in [1.82, 2.24) is 9.78 Å². The van der Waals surface area contributed by atoms with Crippen LogP contribution in [0.5, 0.6) is 0 Å². The van der Waals surface area contributed by atoms with Gasteiger partial charge in [0.2, 0.25) is 0 Å². The number of hydrogen-bond acceptors (Lipinski definition) is 3. The molecule has 2 aromatic carbocycles. The highest BCUT2D eigenvalue weighted by Gasteiger charge is 2.35. The molecule has 0 saturated carbocycles. The van der Waals surface area contributed by atoms with Gasteiger partial charge in [0.25, 0.3) is 0 Å². The van der Waals surface area contributed by atoms with Gasteiger partial charge in [-0.1, -0.05) is 29.8 Å². The molecule has 0 amide bonds. The van der Waals surface area contributed by atoms with Crippen LogP contribution in [0.2, 0.25) is 0 Å². The van der Waals surface area contributed by atoms with Gasteiger partial charge in [0.1, 0.15) is 0 Å². The number of ether oxygens (including phenoxy) is 1. The standard InChI is InChI=1S/C19H15F3N2O2/c1-12-3-5-13(6-4-12)16-11-17(19(20,21)22)23-24(16)15-9-7-14(8-10-15)18(25)26-2/h3-11H,1-2H3. The minimum Gasteiger partial charge on any atom is -0.465 e. The van der Waals surface area contributed by atoms with Crippen LogP contribution in [0.15, 0.2) is 54.6 Å². The van der Waals surface area contributed by atoms with Gasteiger partial charge in [-0.25, -0.2) is 9.48 Å². The van der Waals surface area contributed by atoms with E-state index < -0.39 is 17.8 Å². The third-order valence-electron chi connectivity index (χ3n) is 3.88. The molecule has 0 spiro atoms. The Hall–Kier alpha value is -3.09. The van der Waals surface area contributed by atoms with Crippen molar-refractivity contribution in [2.75, 3.05) is 7.11 Å². The van der Waals surface area contributed by atoms with E-state index in [1.807, 2.05) is 19.1 Å². The monoisotopic (exact) mass is 360 g/mol. The number of esters is 1. The van der Waals surface area contributed by atoms with Crippen molar-refractivity contribution in [2.24, 2.45) is 0 Å². The third-order valence-corrected chi connectivity index (χ3v) is 3.88. The number of aryl methyl sites for hydroxylation is 1. The zero-order chi connectivity index (χ0) is 18.9. The van der Waals surface area contributed by atoms with E-state index in [1.165, 1.54) is 36.1 Å². The fourth-order valence-electron chi connectivity index (χ4n) is 2.50. The van der Waals surface area contributed by atoms with E-state index in [2.05, 4.69) is 9.84 Å². The van der Waals surface area contributed by atoms with E-state index in [4.69, 9.17) is 0 Å². The molecular formula is C19H15F3N2O2. The van der Waals surface area contributed by atoms with Crippen molar-refractivity contribution in [2.45, 2.75) is 13.1 Å². The highest BCUT2D eigenvalue weighted by atomic mass is 19.4. The summed E-state index contributed by atoms with van der Waals surface area (Å²) in [5.74, 6) is -0.522. The number of alkyl halides is 3. The Morgan fingerprint density at radius 1 is 1.04 bits per heavy atom. The first-order valence-electron chi connectivity index (χ1n) is 7.72. The van der Waals surface area contributed by atoms with Crippen LogP contribution in [0, 0.1) is 6.92 Å². The van der Waals surface area contributed by atoms with E-state index in [1.54, 1.807) is 12.1 Å². The Labute approximate surface area is 147 Å².